The third kappa shape index (κ3) is 3.59. The molecule has 0 saturated heterocycles. The van der Waals surface area contributed by atoms with E-state index in [1.54, 1.807) is 62.2 Å². The van der Waals surface area contributed by atoms with Crippen LogP contribution >= 0.6 is 0 Å². The third-order valence-corrected chi connectivity index (χ3v) is 4.07. The number of methoxy groups -OCH3 is 1. The zero-order chi connectivity index (χ0) is 19.3. The number of carbonyl (C=O) groups is 1. The number of H-pyrrole nitrogens is 1. The van der Waals surface area contributed by atoms with Gasteiger partial charge >= 0.3 is 0 Å². The van der Waals surface area contributed by atoms with Gasteiger partial charge in [-0.15, -0.1) is 0 Å². The predicted molar refractivity (Wildman–Crippen MR) is 103 cm³/mol. The molecule has 7 heteroatoms. The average Bonchev–Trinajstić information content (AvgIpc) is 3.29. The number of pyridine rings is 2. The average molecular weight is 372 g/mol. The van der Waals surface area contributed by atoms with Gasteiger partial charge in [-0.2, -0.15) is 0 Å². The number of hydrogen-bond donors (Lipinski definition) is 1. The summed E-state index contributed by atoms with van der Waals surface area (Å²) in [5.74, 6) is 1.66. The van der Waals surface area contributed by atoms with E-state index in [0.29, 0.717) is 28.9 Å². The Bertz CT molecular complexity index is 1080. The second-order valence-electron chi connectivity index (χ2n) is 5.84. The number of carbonyl (C=O) groups excluding carboxylic acids is 1. The lowest BCUT2D eigenvalue weighted by atomic mass is 10.1. The van der Waals surface area contributed by atoms with E-state index in [0.717, 1.165) is 11.1 Å². The Morgan fingerprint density at radius 1 is 0.964 bits per heavy atom. The molecule has 0 fully saturated rings. The second kappa shape index (κ2) is 7.71. The first-order valence-electron chi connectivity index (χ1n) is 8.52. The lowest BCUT2D eigenvalue weighted by Gasteiger charge is -2.10. The fourth-order valence-corrected chi connectivity index (χ4v) is 2.66. The largest absolute Gasteiger partial charge is 0.481 e. The summed E-state index contributed by atoms with van der Waals surface area (Å²) in [5, 5.41) is 0. The summed E-state index contributed by atoms with van der Waals surface area (Å²) >= 11 is 0. The van der Waals surface area contributed by atoms with Gasteiger partial charge in [-0.25, -0.2) is 15.0 Å². The van der Waals surface area contributed by atoms with E-state index in [-0.39, 0.29) is 5.78 Å². The lowest BCUT2D eigenvalue weighted by molar-refractivity contribution is 0.103. The molecule has 3 heterocycles. The maximum absolute atomic E-state index is 12.3. The van der Waals surface area contributed by atoms with Crippen molar-refractivity contribution in [3.63, 3.8) is 0 Å². The van der Waals surface area contributed by atoms with Crippen molar-refractivity contribution in [1.82, 2.24) is 19.9 Å². The van der Waals surface area contributed by atoms with Gasteiger partial charge in [0.2, 0.25) is 17.5 Å². The first kappa shape index (κ1) is 17.4. The van der Waals surface area contributed by atoms with Crippen LogP contribution in [0.4, 0.5) is 0 Å². The standard InChI is InChI=1S/C21H16N4O3/c1-27-18-9-6-15(13-25-18)17-3-2-10-24-21(17)28-16-7-4-14(5-8-16)19(26)20-22-11-12-23-20/h2-13H,1H3,(H,22,23). The van der Waals surface area contributed by atoms with E-state index in [1.165, 1.54) is 0 Å². The van der Waals surface area contributed by atoms with Gasteiger partial charge in [0.1, 0.15) is 5.75 Å². The quantitative estimate of drug-likeness (QED) is 0.516. The smallest absolute Gasteiger partial charge is 0.228 e. The van der Waals surface area contributed by atoms with Crippen LogP contribution in [0.25, 0.3) is 11.1 Å². The number of nitrogens with one attached hydrogen (secondary N) is 1. The van der Waals surface area contributed by atoms with Crippen LogP contribution in [-0.4, -0.2) is 32.8 Å². The number of imidazole rings is 1. The first-order chi connectivity index (χ1) is 13.7. The first-order valence-corrected chi connectivity index (χ1v) is 8.52. The maximum atomic E-state index is 12.3. The SMILES string of the molecule is COc1ccc(-c2cccnc2Oc2ccc(C(=O)c3ncc[nH]3)cc2)cn1. The Morgan fingerprint density at radius 2 is 1.82 bits per heavy atom. The minimum atomic E-state index is -0.181. The molecule has 4 rings (SSSR count). The fraction of sp³-hybridized carbons (Fsp3) is 0.0476. The van der Waals surface area contributed by atoms with Crippen LogP contribution in [0, 0.1) is 0 Å². The molecule has 0 amide bonds. The van der Waals surface area contributed by atoms with Crippen molar-refractivity contribution < 1.29 is 14.3 Å². The van der Waals surface area contributed by atoms with Crippen LogP contribution in [0.1, 0.15) is 16.2 Å². The fourth-order valence-electron chi connectivity index (χ4n) is 2.66. The Labute approximate surface area is 161 Å². The number of ketones is 1. The molecule has 7 nitrogen and oxygen atoms in total. The number of aromatic nitrogens is 4. The molecular formula is C21H16N4O3. The van der Waals surface area contributed by atoms with Gasteiger partial charge in [-0.05, 0) is 42.5 Å². The minimum absolute atomic E-state index is 0.181. The van der Waals surface area contributed by atoms with Gasteiger partial charge in [0.15, 0.2) is 5.82 Å². The van der Waals surface area contributed by atoms with Crippen LogP contribution in [-0.2, 0) is 0 Å². The molecule has 0 atom stereocenters. The molecule has 1 N–H and O–H groups in total. The van der Waals surface area contributed by atoms with E-state index in [9.17, 15) is 4.79 Å². The normalized spacial score (nSPS) is 10.5. The Kier molecular flexibility index (Phi) is 4.79. The van der Waals surface area contributed by atoms with Crippen molar-refractivity contribution in [1.29, 1.82) is 0 Å². The van der Waals surface area contributed by atoms with Crippen molar-refractivity contribution in [3.05, 3.63) is 84.7 Å². The highest BCUT2D eigenvalue weighted by atomic mass is 16.5. The van der Waals surface area contributed by atoms with Gasteiger partial charge in [-0.3, -0.25) is 4.79 Å². The molecule has 3 aromatic heterocycles. The molecule has 4 aromatic rings. The summed E-state index contributed by atoms with van der Waals surface area (Å²) < 4.78 is 11.0. The zero-order valence-corrected chi connectivity index (χ0v) is 15.0. The van der Waals surface area contributed by atoms with Gasteiger partial charge in [0, 0.05) is 47.5 Å². The highest BCUT2D eigenvalue weighted by molar-refractivity contribution is 6.06. The Balaban J connectivity index is 1.57. The van der Waals surface area contributed by atoms with Crippen molar-refractivity contribution in [3.8, 4) is 28.6 Å². The zero-order valence-electron chi connectivity index (χ0n) is 15.0. The molecule has 0 aliphatic heterocycles. The predicted octanol–water partition coefficient (Wildman–Crippen LogP) is 3.90. The summed E-state index contributed by atoms with van der Waals surface area (Å²) in [7, 11) is 1.57. The molecule has 0 unspecified atom stereocenters. The van der Waals surface area contributed by atoms with E-state index in [2.05, 4.69) is 19.9 Å². The van der Waals surface area contributed by atoms with Crippen LogP contribution in [0.15, 0.2) is 73.3 Å². The molecule has 0 spiro atoms. The lowest BCUT2D eigenvalue weighted by Crippen LogP contribution is -2.03. The monoisotopic (exact) mass is 372 g/mol. The van der Waals surface area contributed by atoms with Crippen molar-refractivity contribution in [2.45, 2.75) is 0 Å². The molecule has 0 aliphatic carbocycles. The molecule has 1 aromatic carbocycles. The van der Waals surface area contributed by atoms with E-state index < -0.39 is 0 Å². The summed E-state index contributed by atoms with van der Waals surface area (Å²) in [4.78, 5) is 27.6. The van der Waals surface area contributed by atoms with Crippen molar-refractivity contribution in [2.24, 2.45) is 0 Å². The van der Waals surface area contributed by atoms with Gasteiger partial charge in [-0.1, -0.05) is 0 Å². The minimum Gasteiger partial charge on any atom is -0.481 e. The van der Waals surface area contributed by atoms with E-state index in [1.807, 2.05) is 18.2 Å². The van der Waals surface area contributed by atoms with Crippen molar-refractivity contribution in [2.75, 3.05) is 7.11 Å². The Hall–Kier alpha value is -4.00. The molecule has 0 bridgehead atoms. The highest BCUT2D eigenvalue weighted by Gasteiger charge is 2.13. The van der Waals surface area contributed by atoms with Gasteiger partial charge in [0.25, 0.3) is 0 Å². The van der Waals surface area contributed by atoms with E-state index >= 15 is 0 Å². The summed E-state index contributed by atoms with van der Waals surface area (Å²) in [6.07, 6.45) is 6.51. The number of benzene rings is 1. The van der Waals surface area contributed by atoms with Crippen LogP contribution in [0.5, 0.6) is 17.5 Å². The molecule has 0 radical (unpaired) electrons. The van der Waals surface area contributed by atoms with Crippen LogP contribution in [0.3, 0.4) is 0 Å². The third-order valence-electron chi connectivity index (χ3n) is 4.07. The number of aromatic amines is 1. The van der Waals surface area contributed by atoms with Gasteiger partial charge in [0.05, 0.1) is 7.11 Å². The highest BCUT2D eigenvalue weighted by Crippen LogP contribution is 2.31. The summed E-state index contributed by atoms with van der Waals surface area (Å²) in [6, 6.07) is 14.2. The van der Waals surface area contributed by atoms with Crippen LogP contribution < -0.4 is 9.47 Å². The van der Waals surface area contributed by atoms with E-state index in [4.69, 9.17) is 9.47 Å². The molecule has 0 saturated carbocycles. The summed E-state index contributed by atoms with van der Waals surface area (Å²) in [5.41, 5.74) is 2.17. The molecule has 138 valence electrons. The second-order valence-corrected chi connectivity index (χ2v) is 5.84. The Morgan fingerprint density at radius 3 is 2.50 bits per heavy atom. The molecule has 28 heavy (non-hydrogen) atoms. The molecule has 0 aliphatic rings. The molecular weight excluding hydrogens is 356 g/mol. The number of rotatable bonds is 6. The van der Waals surface area contributed by atoms with Crippen molar-refractivity contribution >= 4 is 5.78 Å². The maximum Gasteiger partial charge on any atom is 0.228 e. The number of hydrogen-bond acceptors (Lipinski definition) is 6. The van der Waals surface area contributed by atoms with Gasteiger partial charge < -0.3 is 14.5 Å². The number of ether oxygens (including phenoxy) is 2. The topological polar surface area (TPSA) is 90.0 Å². The number of nitrogens with zero attached hydrogens (tertiary/aromatic N) is 3. The van der Waals surface area contributed by atoms with Crippen LogP contribution in [0.2, 0.25) is 0 Å². The summed E-state index contributed by atoms with van der Waals surface area (Å²) in [6.45, 7) is 0.